The molecule has 92 valence electrons. The largest absolute Gasteiger partial charge is 0.497 e. The second-order valence-electron chi connectivity index (χ2n) is 4.46. The predicted molar refractivity (Wildman–Crippen MR) is 64.4 cm³/mol. The molecule has 0 atom stereocenters. The Kier molecular flexibility index (Phi) is 3.02. The summed E-state index contributed by atoms with van der Waals surface area (Å²) in [4.78, 5) is 10.6. The van der Waals surface area contributed by atoms with E-state index in [0.717, 1.165) is 18.4 Å². The van der Waals surface area contributed by atoms with Crippen LogP contribution in [0.4, 0.5) is 5.69 Å². The molecule has 0 spiro atoms. The average Bonchev–Trinajstić information content (AvgIpc) is 3.09. The second-order valence-corrected chi connectivity index (χ2v) is 4.46. The highest BCUT2D eigenvalue weighted by Gasteiger charge is 2.42. The molecule has 0 aromatic heterocycles. The van der Waals surface area contributed by atoms with Gasteiger partial charge in [-0.1, -0.05) is 0 Å². The van der Waals surface area contributed by atoms with Gasteiger partial charge in [-0.05, 0) is 38.4 Å². The number of hydrogen-bond donors (Lipinski definition) is 1. The normalized spacial score (nSPS) is 16.6. The minimum absolute atomic E-state index is 0.0527. The van der Waals surface area contributed by atoms with E-state index in [9.17, 15) is 10.1 Å². The van der Waals surface area contributed by atoms with Crippen LogP contribution < -0.4 is 10.1 Å². The minimum atomic E-state index is -0.333. The van der Waals surface area contributed by atoms with Crippen LogP contribution in [0.3, 0.4) is 0 Å². The van der Waals surface area contributed by atoms with Gasteiger partial charge in [-0.3, -0.25) is 10.1 Å². The smallest absolute Gasteiger partial charge is 0.272 e. The fourth-order valence-electron chi connectivity index (χ4n) is 2.04. The van der Waals surface area contributed by atoms with Crippen LogP contribution in [0.25, 0.3) is 0 Å². The molecule has 0 saturated heterocycles. The Morgan fingerprint density at radius 2 is 2.24 bits per heavy atom. The Balaban J connectivity index is 2.31. The van der Waals surface area contributed by atoms with E-state index in [4.69, 9.17) is 4.74 Å². The fourth-order valence-corrected chi connectivity index (χ4v) is 2.04. The Labute approximate surface area is 99.9 Å². The number of likely N-dealkylation sites (N-methyl/N-ethyl adjacent to an activating group) is 1. The van der Waals surface area contributed by atoms with E-state index in [1.165, 1.54) is 6.07 Å². The van der Waals surface area contributed by atoms with Crippen molar-refractivity contribution in [3.8, 4) is 5.75 Å². The van der Waals surface area contributed by atoms with Gasteiger partial charge in [0.05, 0.1) is 12.0 Å². The van der Waals surface area contributed by atoms with Gasteiger partial charge in [-0.15, -0.1) is 0 Å². The molecular formula is C12H16N2O3. The van der Waals surface area contributed by atoms with Crippen LogP contribution in [-0.2, 0) is 6.42 Å². The van der Waals surface area contributed by atoms with Crippen LogP contribution in [0.5, 0.6) is 5.75 Å². The van der Waals surface area contributed by atoms with Crippen molar-refractivity contribution < 1.29 is 9.66 Å². The zero-order chi connectivity index (χ0) is 12.5. The summed E-state index contributed by atoms with van der Waals surface area (Å²) in [6.45, 7) is 0. The Morgan fingerprint density at radius 1 is 1.53 bits per heavy atom. The lowest BCUT2D eigenvalue weighted by molar-refractivity contribution is -0.385. The number of nitrogens with zero attached hydrogens (tertiary/aromatic N) is 1. The monoisotopic (exact) mass is 236 g/mol. The van der Waals surface area contributed by atoms with Crippen molar-refractivity contribution in [2.45, 2.75) is 24.8 Å². The van der Waals surface area contributed by atoms with E-state index in [-0.39, 0.29) is 16.1 Å². The van der Waals surface area contributed by atoms with Crippen molar-refractivity contribution in [3.05, 3.63) is 33.9 Å². The zero-order valence-electron chi connectivity index (χ0n) is 10.0. The predicted octanol–water partition coefficient (Wildman–Crippen LogP) is 1.90. The number of hydrogen-bond acceptors (Lipinski definition) is 4. The number of methoxy groups -OCH3 is 1. The first-order valence-corrected chi connectivity index (χ1v) is 5.60. The van der Waals surface area contributed by atoms with Crippen LogP contribution in [0.1, 0.15) is 18.4 Å². The molecular weight excluding hydrogens is 220 g/mol. The maximum atomic E-state index is 11.0. The van der Waals surface area contributed by atoms with Crippen molar-refractivity contribution in [1.29, 1.82) is 0 Å². The molecule has 1 N–H and O–H groups in total. The van der Waals surface area contributed by atoms with Crippen molar-refractivity contribution in [3.63, 3.8) is 0 Å². The van der Waals surface area contributed by atoms with E-state index < -0.39 is 0 Å². The minimum Gasteiger partial charge on any atom is -0.497 e. The van der Waals surface area contributed by atoms with Crippen LogP contribution in [0, 0.1) is 10.1 Å². The molecule has 1 aliphatic rings. The molecule has 0 unspecified atom stereocenters. The standard InChI is InChI=1S/C12H16N2O3/c1-13-12(5-6-12)8-9-7-10(17-2)3-4-11(9)14(15)16/h3-4,7,13H,5-6,8H2,1-2H3. The van der Waals surface area contributed by atoms with Gasteiger partial charge in [0.15, 0.2) is 0 Å². The average molecular weight is 236 g/mol. The van der Waals surface area contributed by atoms with Crippen molar-refractivity contribution >= 4 is 5.69 Å². The number of nitro benzene ring substituents is 1. The maximum absolute atomic E-state index is 11.0. The SMILES string of the molecule is CNC1(Cc2cc(OC)ccc2[N+](=O)[O-])CC1. The summed E-state index contributed by atoms with van der Waals surface area (Å²) in [6.07, 6.45) is 2.81. The van der Waals surface area contributed by atoms with Gasteiger partial charge in [0.25, 0.3) is 5.69 Å². The number of ether oxygens (including phenoxy) is 1. The first-order valence-electron chi connectivity index (χ1n) is 5.60. The molecule has 17 heavy (non-hydrogen) atoms. The molecule has 1 aromatic rings. The van der Waals surface area contributed by atoms with Gasteiger partial charge in [-0.25, -0.2) is 0 Å². The third kappa shape index (κ3) is 2.39. The summed E-state index contributed by atoms with van der Waals surface area (Å²) in [5.74, 6) is 0.664. The molecule has 0 bridgehead atoms. The lowest BCUT2D eigenvalue weighted by atomic mass is 10.0. The second kappa shape index (κ2) is 4.33. The van der Waals surface area contributed by atoms with E-state index >= 15 is 0 Å². The topological polar surface area (TPSA) is 64.4 Å². The summed E-state index contributed by atoms with van der Waals surface area (Å²) in [5, 5.41) is 14.2. The van der Waals surface area contributed by atoms with Crippen molar-refractivity contribution in [2.24, 2.45) is 0 Å². The number of rotatable bonds is 5. The highest BCUT2D eigenvalue weighted by atomic mass is 16.6. The third-order valence-electron chi connectivity index (χ3n) is 3.40. The molecule has 1 aliphatic carbocycles. The molecule has 5 nitrogen and oxygen atoms in total. The summed E-state index contributed by atoms with van der Waals surface area (Å²) >= 11 is 0. The van der Waals surface area contributed by atoms with Crippen LogP contribution in [0.2, 0.25) is 0 Å². The maximum Gasteiger partial charge on any atom is 0.272 e. The quantitative estimate of drug-likeness (QED) is 0.626. The lowest BCUT2D eigenvalue weighted by Gasteiger charge is -2.14. The Bertz CT molecular complexity index is 441. The number of benzene rings is 1. The van der Waals surface area contributed by atoms with Gasteiger partial charge in [0, 0.05) is 17.2 Å². The van der Waals surface area contributed by atoms with Gasteiger partial charge in [0.2, 0.25) is 0 Å². The fraction of sp³-hybridized carbons (Fsp3) is 0.500. The van der Waals surface area contributed by atoms with Crippen LogP contribution in [-0.4, -0.2) is 24.6 Å². The van der Waals surface area contributed by atoms with E-state index in [2.05, 4.69) is 5.32 Å². The van der Waals surface area contributed by atoms with Crippen molar-refractivity contribution in [1.82, 2.24) is 5.32 Å². The summed E-state index contributed by atoms with van der Waals surface area (Å²) < 4.78 is 5.12. The molecule has 0 aliphatic heterocycles. The Hall–Kier alpha value is -1.62. The molecule has 2 rings (SSSR count). The third-order valence-corrected chi connectivity index (χ3v) is 3.40. The first-order chi connectivity index (χ1) is 8.10. The first kappa shape index (κ1) is 11.9. The molecule has 0 heterocycles. The van der Waals surface area contributed by atoms with Gasteiger partial charge in [0.1, 0.15) is 5.75 Å². The number of nitro groups is 1. The highest BCUT2D eigenvalue weighted by Crippen LogP contribution is 2.40. The van der Waals surface area contributed by atoms with Gasteiger partial charge >= 0.3 is 0 Å². The Morgan fingerprint density at radius 3 is 2.71 bits per heavy atom. The molecule has 0 radical (unpaired) electrons. The highest BCUT2D eigenvalue weighted by molar-refractivity contribution is 5.46. The lowest BCUT2D eigenvalue weighted by Crippen LogP contribution is -2.29. The van der Waals surface area contributed by atoms with E-state index in [1.807, 2.05) is 7.05 Å². The molecule has 1 aromatic carbocycles. The van der Waals surface area contributed by atoms with Gasteiger partial charge < -0.3 is 10.1 Å². The van der Waals surface area contributed by atoms with E-state index in [1.54, 1.807) is 19.2 Å². The molecule has 1 fully saturated rings. The van der Waals surface area contributed by atoms with E-state index in [0.29, 0.717) is 12.2 Å². The van der Waals surface area contributed by atoms with Crippen molar-refractivity contribution in [2.75, 3.05) is 14.2 Å². The van der Waals surface area contributed by atoms with Crippen LogP contribution in [0.15, 0.2) is 18.2 Å². The molecule has 5 heteroatoms. The van der Waals surface area contributed by atoms with Crippen LogP contribution >= 0.6 is 0 Å². The molecule has 1 saturated carbocycles. The number of nitrogens with one attached hydrogen (secondary N) is 1. The van der Waals surface area contributed by atoms with Gasteiger partial charge in [-0.2, -0.15) is 0 Å². The molecule has 0 amide bonds. The summed E-state index contributed by atoms with van der Waals surface area (Å²) in [6, 6.07) is 4.90. The summed E-state index contributed by atoms with van der Waals surface area (Å²) in [5.41, 5.74) is 0.963. The summed E-state index contributed by atoms with van der Waals surface area (Å²) in [7, 11) is 3.47. The zero-order valence-corrected chi connectivity index (χ0v) is 10.0.